The zero-order valence-electron chi connectivity index (χ0n) is 9.55. The SMILES string of the molecule is CC/C(=N\O)c1ccccc1OCC(C)O. The van der Waals surface area contributed by atoms with Crippen LogP contribution in [0.5, 0.6) is 5.75 Å². The van der Waals surface area contributed by atoms with Crippen LogP contribution in [-0.2, 0) is 0 Å². The lowest BCUT2D eigenvalue weighted by molar-refractivity contribution is 0.122. The third-order valence-electron chi connectivity index (χ3n) is 2.13. The molecule has 4 heteroatoms. The van der Waals surface area contributed by atoms with Gasteiger partial charge >= 0.3 is 0 Å². The molecule has 0 aliphatic carbocycles. The van der Waals surface area contributed by atoms with Crippen LogP contribution < -0.4 is 4.74 Å². The van der Waals surface area contributed by atoms with Crippen molar-refractivity contribution in [1.82, 2.24) is 0 Å². The fourth-order valence-electron chi connectivity index (χ4n) is 1.36. The minimum absolute atomic E-state index is 0.222. The zero-order chi connectivity index (χ0) is 12.0. The Morgan fingerprint density at radius 1 is 1.44 bits per heavy atom. The predicted molar refractivity (Wildman–Crippen MR) is 62.2 cm³/mol. The molecule has 16 heavy (non-hydrogen) atoms. The van der Waals surface area contributed by atoms with Crippen molar-refractivity contribution in [2.45, 2.75) is 26.4 Å². The van der Waals surface area contributed by atoms with E-state index in [0.717, 1.165) is 5.56 Å². The average Bonchev–Trinajstić information content (AvgIpc) is 2.29. The summed E-state index contributed by atoms with van der Waals surface area (Å²) in [5, 5.41) is 21.3. The van der Waals surface area contributed by atoms with Crippen molar-refractivity contribution in [3.05, 3.63) is 29.8 Å². The van der Waals surface area contributed by atoms with Gasteiger partial charge in [-0.25, -0.2) is 0 Å². The molecule has 0 spiro atoms. The van der Waals surface area contributed by atoms with Gasteiger partial charge in [0.15, 0.2) is 0 Å². The Kier molecular flexibility index (Phi) is 4.79. The van der Waals surface area contributed by atoms with Gasteiger partial charge in [0, 0.05) is 5.56 Å². The largest absolute Gasteiger partial charge is 0.490 e. The monoisotopic (exact) mass is 223 g/mol. The molecule has 1 unspecified atom stereocenters. The summed E-state index contributed by atoms with van der Waals surface area (Å²) in [5.41, 5.74) is 1.33. The van der Waals surface area contributed by atoms with Crippen LogP contribution in [0.15, 0.2) is 29.4 Å². The third-order valence-corrected chi connectivity index (χ3v) is 2.13. The molecular weight excluding hydrogens is 206 g/mol. The highest BCUT2D eigenvalue weighted by molar-refractivity contribution is 6.02. The standard InChI is InChI=1S/C12H17NO3/c1-3-11(13-15)10-6-4-5-7-12(10)16-8-9(2)14/h4-7,9,14-15H,3,8H2,1-2H3/b13-11+. The summed E-state index contributed by atoms with van der Waals surface area (Å²) < 4.78 is 5.44. The number of ether oxygens (including phenoxy) is 1. The number of aliphatic hydroxyl groups is 1. The van der Waals surface area contributed by atoms with Crippen LogP contribution in [0.25, 0.3) is 0 Å². The van der Waals surface area contributed by atoms with E-state index < -0.39 is 6.10 Å². The predicted octanol–water partition coefficient (Wildman–Crippen LogP) is 2.03. The number of benzene rings is 1. The van der Waals surface area contributed by atoms with E-state index >= 15 is 0 Å². The molecule has 0 aromatic heterocycles. The van der Waals surface area contributed by atoms with Crippen LogP contribution in [0, 0.1) is 0 Å². The van der Waals surface area contributed by atoms with Crippen LogP contribution in [0.2, 0.25) is 0 Å². The quantitative estimate of drug-likeness (QED) is 0.456. The van der Waals surface area contributed by atoms with Crippen LogP contribution in [0.3, 0.4) is 0 Å². The Balaban J connectivity index is 2.91. The van der Waals surface area contributed by atoms with Crippen molar-refractivity contribution in [3.8, 4) is 5.75 Å². The van der Waals surface area contributed by atoms with Gasteiger partial charge in [0.05, 0.1) is 11.8 Å². The van der Waals surface area contributed by atoms with Crippen LogP contribution in [0.4, 0.5) is 0 Å². The van der Waals surface area contributed by atoms with Crippen LogP contribution >= 0.6 is 0 Å². The third kappa shape index (κ3) is 3.24. The summed E-state index contributed by atoms with van der Waals surface area (Å²) in [6, 6.07) is 7.31. The molecule has 0 aliphatic heterocycles. The maximum absolute atomic E-state index is 9.15. The lowest BCUT2D eigenvalue weighted by Crippen LogP contribution is -2.14. The number of hydrogen-bond acceptors (Lipinski definition) is 4. The van der Waals surface area contributed by atoms with Gasteiger partial charge in [-0.3, -0.25) is 0 Å². The molecule has 0 saturated heterocycles. The highest BCUT2D eigenvalue weighted by atomic mass is 16.5. The van der Waals surface area contributed by atoms with Crippen molar-refractivity contribution in [2.24, 2.45) is 5.16 Å². The van der Waals surface area contributed by atoms with E-state index in [-0.39, 0.29) is 6.61 Å². The topological polar surface area (TPSA) is 62.1 Å². The van der Waals surface area contributed by atoms with Gasteiger partial charge in [-0.05, 0) is 25.5 Å². The van der Waals surface area contributed by atoms with Gasteiger partial charge in [-0.15, -0.1) is 0 Å². The molecule has 1 aromatic carbocycles. The van der Waals surface area contributed by atoms with E-state index in [4.69, 9.17) is 15.1 Å². The smallest absolute Gasteiger partial charge is 0.128 e. The van der Waals surface area contributed by atoms with E-state index in [9.17, 15) is 0 Å². The number of rotatable bonds is 5. The summed E-state index contributed by atoms with van der Waals surface area (Å²) in [7, 11) is 0. The van der Waals surface area contributed by atoms with Crippen molar-refractivity contribution in [3.63, 3.8) is 0 Å². The Morgan fingerprint density at radius 2 is 2.12 bits per heavy atom. The molecule has 0 bridgehead atoms. The number of hydrogen-bond donors (Lipinski definition) is 2. The normalized spacial score (nSPS) is 13.6. The maximum Gasteiger partial charge on any atom is 0.128 e. The van der Waals surface area contributed by atoms with E-state index in [2.05, 4.69) is 5.16 Å². The van der Waals surface area contributed by atoms with E-state index in [1.165, 1.54) is 0 Å². The maximum atomic E-state index is 9.15. The molecule has 0 amide bonds. The zero-order valence-corrected chi connectivity index (χ0v) is 9.55. The van der Waals surface area contributed by atoms with Crippen molar-refractivity contribution < 1.29 is 15.1 Å². The van der Waals surface area contributed by atoms with Gasteiger partial charge in [0.2, 0.25) is 0 Å². The molecule has 1 aromatic rings. The summed E-state index contributed by atoms with van der Waals surface area (Å²) in [4.78, 5) is 0. The first-order chi connectivity index (χ1) is 7.69. The molecular formula is C12H17NO3. The summed E-state index contributed by atoms with van der Waals surface area (Å²) in [6.07, 6.45) is 0.0927. The minimum atomic E-state index is -0.524. The fourth-order valence-corrected chi connectivity index (χ4v) is 1.36. The Labute approximate surface area is 95.2 Å². The van der Waals surface area contributed by atoms with Crippen molar-refractivity contribution in [2.75, 3.05) is 6.61 Å². The number of aliphatic hydroxyl groups excluding tert-OH is 1. The highest BCUT2D eigenvalue weighted by Gasteiger charge is 2.09. The molecule has 0 radical (unpaired) electrons. The summed E-state index contributed by atoms with van der Waals surface area (Å²) in [6.45, 7) is 3.78. The van der Waals surface area contributed by atoms with Crippen molar-refractivity contribution in [1.29, 1.82) is 0 Å². The number of para-hydroxylation sites is 1. The number of oxime groups is 1. The Morgan fingerprint density at radius 3 is 2.69 bits per heavy atom. The number of nitrogens with zero attached hydrogens (tertiary/aromatic N) is 1. The van der Waals surface area contributed by atoms with E-state index in [0.29, 0.717) is 17.9 Å². The first-order valence-electron chi connectivity index (χ1n) is 5.30. The Hall–Kier alpha value is -1.55. The Bertz CT molecular complexity index is 361. The van der Waals surface area contributed by atoms with Gasteiger partial charge in [0.1, 0.15) is 12.4 Å². The lowest BCUT2D eigenvalue weighted by Gasteiger charge is -2.12. The fraction of sp³-hybridized carbons (Fsp3) is 0.417. The van der Waals surface area contributed by atoms with Crippen LogP contribution in [0.1, 0.15) is 25.8 Å². The van der Waals surface area contributed by atoms with Gasteiger partial charge in [-0.1, -0.05) is 24.2 Å². The molecule has 0 saturated carbocycles. The first-order valence-corrected chi connectivity index (χ1v) is 5.30. The van der Waals surface area contributed by atoms with Gasteiger partial charge in [0.25, 0.3) is 0 Å². The second kappa shape index (κ2) is 6.12. The summed E-state index contributed by atoms with van der Waals surface area (Å²) >= 11 is 0. The van der Waals surface area contributed by atoms with Gasteiger partial charge in [-0.2, -0.15) is 0 Å². The van der Waals surface area contributed by atoms with Gasteiger partial charge < -0.3 is 15.1 Å². The molecule has 1 rings (SSSR count). The molecule has 0 aliphatic rings. The van der Waals surface area contributed by atoms with E-state index in [1.54, 1.807) is 13.0 Å². The second-order valence-corrected chi connectivity index (χ2v) is 3.56. The molecule has 0 fully saturated rings. The lowest BCUT2D eigenvalue weighted by atomic mass is 10.1. The highest BCUT2D eigenvalue weighted by Crippen LogP contribution is 2.20. The van der Waals surface area contributed by atoms with Crippen LogP contribution in [-0.4, -0.2) is 28.7 Å². The first kappa shape index (κ1) is 12.5. The molecule has 88 valence electrons. The molecule has 2 N–H and O–H groups in total. The second-order valence-electron chi connectivity index (χ2n) is 3.56. The van der Waals surface area contributed by atoms with Crippen molar-refractivity contribution >= 4 is 5.71 Å². The molecule has 4 nitrogen and oxygen atoms in total. The molecule has 1 atom stereocenters. The molecule has 0 heterocycles. The minimum Gasteiger partial charge on any atom is -0.490 e. The average molecular weight is 223 g/mol. The van der Waals surface area contributed by atoms with E-state index in [1.807, 2.05) is 25.1 Å². The summed E-state index contributed by atoms with van der Waals surface area (Å²) in [5.74, 6) is 0.623.